The molecule has 1 fully saturated rings. The van der Waals surface area contributed by atoms with Crippen LogP contribution in [0.2, 0.25) is 10.0 Å². The monoisotopic (exact) mass is 305 g/mol. The summed E-state index contributed by atoms with van der Waals surface area (Å²) in [7, 11) is 0. The SMILES string of the molecule is O=C1NCCC1(c1ccc(Cl)cc1)c1ccc(Cl)cc1. The number of hydrogen-bond acceptors (Lipinski definition) is 1. The maximum Gasteiger partial charge on any atom is 0.235 e. The van der Waals surface area contributed by atoms with Gasteiger partial charge < -0.3 is 5.32 Å². The number of rotatable bonds is 2. The van der Waals surface area contributed by atoms with Gasteiger partial charge in [0.1, 0.15) is 5.41 Å². The number of carbonyl (C=O) groups excluding carboxylic acids is 1. The number of carbonyl (C=O) groups is 1. The average Bonchev–Trinajstić information content (AvgIpc) is 2.83. The predicted octanol–water partition coefficient (Wildman–Crippen LogP) is 3.80. The lowest BCUT2D eigenvalue weighted by atomic mass is 9.73. The van der Waals surface area contributed by atoms with Gasteiger partial charge in [-0.1, -0.05) is 47.5 Å². The van der Waals surface area contributed by atoms with Crippen LogP contribution in [0.5, 0.6) is 0 Å². The van der Waals surface area contributed by atoms with Gasteiger partial charge in [0.15, 0.2) is 0 Å². The lowest BCUT2D eigenvalue weighted by Crippen LogP contribution is -2.36. The van der Waals surface area contributed by atoms with E-state index in [1.165, 1.54) is 0 Å². The molecule has 102 valence electrons. The summed E-state index contributed by atoms with van der Waals surface area (Å²) in [4.78, 5) is 12.5. The number of amides is 1. The van der Waals surface area contributed by atoms with E-state index in [0.717, 1.165) is 17.5 Å². The van der Waals surface area contributed by atoms with Crippen molar-refractivity contribution >= 4 is 29.1 Å². The summed E-state index contributed by atoms with van der Waals surface area (Å²) in [6.07, 6.45) is 0.731. The fourth-order valence-electron chi connectivity index (χ4n) is 2.81. The molecule has 1 N–H and O–H groups in total. The van der Waals surface area contributed by atoms with Crippen molar-refractivity contribution in [3.8, 4) is 0 Å². The minimum atomic E-state index is -0.644. The zero-order chi connectivity index (χ0) is 14.2. The van der Waals surface area contributed by atoms with E-state index in [1.807, 2.05) is 48.5 Å². The second-order valence-electron chi connectivity index (χ2n) is 4.93. The Morgan fingerprint density at radius 2 is 1.30 bits per heavy atom. The molecule has 3 rings (SSSR count). The summed E-state index contributed by atoms with van der Waals surface area (Å²) in [5.41, 5.74) is 1.27. The van der Waals surface area contributed by atoms with E-state index in [9.17, 15) is 4.79 Å². The van der Waals surface area contributed by atoms with E-state index >= 15 is 0 Å². The normalized spacial score (nSPS) is 17.0. The van der Waals surface area contributed by atoms with Crippen molar-refractivity contribution in [2.24, 2.45) is 0 Å². The van der Waals surface area contributed by atoms with Crippen LogP contribution in [-0.4, -0.2) is 12.5 Å². The Balaban J connectivity index is 2.17. The van der Waals surface area contributed by atoms with Crippen molar-refractivity contribution in [3.63, 3.8) is 0 Å². The first-order chi connectivity index (χ1) is 9.63. The van der Waals surface area contributed by atoms with E-state index < -0.39 is 5.41 Å². The molecule has 2 aromatic rings. The number of nitrogens with one attached hydrogen (secondary N) is 1. The summed E-state index contributed by atoms with van der Waals surface area (Å²) in [6, 6.07) is 15.0. The van der Waals surface area contributed by atoms with E-state index in [0.29, 0.717) is 16.6 Å². The third-order valence-corrected chi connectivity index (χ3v) is 4.35. The van der Waals surface area contributed by atoms with Crippen LogP contribution in [0.25, 0.3) is 0 Å². The van der Waals surface area contributed by atoms with Crippen molar-refractivity contribution in [3.05, 3.63) is 69.7 Å². The fraction of sp³-hybridized carbons (Fsp3) is 0.188. The summed E-state index contributed by atoms with van der Waals surface area (Å²) >= 11 is 11.9. The van der Waals surface area contributed by atoms with Crippen molar-refractivity contribution in [1.29, 1.82) is 0 Å². The molecular weight excluding hydrogens is 293 g/mol. The zero-order valence-electron chi connectivity index (χ0n) is 10.7. The van der Waals surface area contributed by atoms with Gasteiger partial charge in [-0.2, -0.15) is 0 Å². The van der Waals surface area contributed by atoms with Crippen LogP contribution in [0.1, 0.15) is 17.5 Å². The maximum atomic E-state index is 12.5. The Morgan fingerprint density at radius 3 is 1.65 bits per heavy atom. The van der Waals surface area contributed by atoms with E-state index in [4.69, 9.17) is 23.2 Å². The van der Waals surface area contributed by atoms with E-state index in [2.05, 4.69) is 5.32 Å². The molecule has 0 spiro atoms. The second kappa shape index (κ2) is 5.12. The first-order valence-electron chi connectivity index (χ1n) is 6.43. The average molecular weight is 306 g/mol. The van der Waals surface area contributed by atoms with Crippen molar-refractivity contribution in [2.45, 2.75) is 11.8 Å². The Kier molecular flexibility index (Phi) is 3.45. The molecule has 20 heavy (non-hydrogen) atoms. The van der Waals surface area contributed by atoms with Crippen LogP contribution >= 0.6 is 23.2 Å². The van der Waals surface area contributed by atoms with Gasteiger partial charge in [0.05, 0.1) is 0 Å². The molecule has 0 bridgehead atoms. The molecule has 1 aliphatic heterocycles. The highest BCUT2D eigenvalue weighted by Crippen LogP contribution is 2.39. The summed E-state index contributed by atoms with van der Waals surface area (Å²) in [5, 5.41) is 4.26. The van der Waals surface area contributed by atoms with Gasteiger partial charge >= 0.3 is 0 Å². The smallest absolute Gasteiger partial charge is 0.235 e. The van der Waals surface area contributed by atoms with E-state index in [-0.39, 0.29) is 5.91 Å². The van der Waals surface area contributed by atoms with Gasteiger partial charge in [-0.05, 0) is 41.8 Å². The molecular formula is C16H13Cl2NO. The molecule has 2 aromatic carbocycles. The van der Waals surface area contributed by atoms with Gasteiger partial charge in [0, 0.05) is 16.6 Å². The molecule has 4 heteroatoms. The van der Waals surface area contributed by atoms with Gasteiger partial charge in [-0.15, -0.1) is 0 Å². The topological polar surface area (TPSA) is 29.1 Å². The van der Waals surface area contributed by atoms with Gasteiger partial charge in [-0.25, -0.2) is 0 Å². The molecule has 1 saturated heterocycles. The Hall–Kier alpha value is -1.51. The predicted molar refractivity (Wildman–Crippen MR) is 81.3 cm³/mol. The second-order valence-corrected chi connectivity index (χ2v) is 5.80. The molecule has 0 aliphatic carbocycles. The molecule has 1 amide bonds. The fourth-order valence-corrected chi connectivity index (χ4v) is 3.07. The van der Waals surface area contributed by atoms with Crippen molar-refractivity contribution in [2.75, 3.05) is 6.54 Å². The zero-order valence-corrected chi connectivity index (χ0v) is 12.2. The van der Waals surface area contributed by atoms with Crippen LogP contribution in [-0.2, 0) is 10.2 Å². The standard InChI is InChI=1S/C16H13Cl2NO/c17-13-5-1-11(2-6-13)16(9-10-19-15(16)20)12-3-7-14(18)8-4-12/h1-8H,9-10H2,(H,19,20). The van der Waals surface area contributed by atoms with Crippen LogP contribution < -0.4 is 5.32 Å². The van der Waals surface area contributed by atoms with Crippen molar-refractivity contribution in [1.82, 2.24) is 5.32 Å². The molecule has 0 radical (unpaired) electrons. The third kappa shape index (κ3) is 2.09. The van der Waals surface area contributed by atoms with Gasteiger partial charge in [0.2, 0.25) is 5.91 Å². The first kappa shape index (κ1) is 13.5. The van der Waals surface area contributed by atoms with Crippen molar-refractivity contribution < 1.29 is 4.79 Å². The highest BCUT2D eigenvalue weighted by atomic mass is 35.5. The lowest BCUT2D eigenvalue weighted by Gasteiger charge is -2.27. The molecule has 0 atom stereocenters. The molecule has 1 heterocycles. The molecule has 1 aliphatic rings. The quantitative estimate of drug-likeness (QED) is 0.898. The molecule has 2 nitrogen and oxygen atoms in total. The minimum absolute atomic E-state index is 0.0298. The third-order valence-electron chi connectivity index (χ3n) is 3.85. The number of hydrogen-bond donors (Lipinski definition) is 1. The van der Waals surface area contributed by atoms with Gasteiger partial charge in [-0.3, -0.25) is 4.79 Å². The Labute approximate surface area is 127 Å². The first-order valence-corrected chi connectivity index (χ1v) is 7.19. The maximum absolute atomic E-state index is 12.5. The highest BCUT2D eigenvalue weighted by molar-refractivity contribution is 6.30. The van der Waals surface area contributed by atoms with Crippen LogP contribution in [0, 0.1) is 0 Å². The number of benzene rings is 2. The Morgan fingerprint density at radius 1 is 0.850 bits per heavy atom. The van der Waals surface area contributed by atoms with Gasteiger partial charge in [0.25, 0.3) is 0 Å². The summed E-state index contributed by atoms with van der Waals surface area (Å²) in [5.74, 6) is 0.0298. The van der Waals surface area contributed by atoms with E-state index in [1.54, 1.807) is 0 Å². The largest absolute Gasteiger partial charge is 0.355 e. The van der Waals surface area contributed by atoms with Crippen LogP contribution in [0.3, 0.4) is 0 Å². The summed E-state index contributed by atoms with van der Waals surface area (Å²) < 4.78 is 0. The lowest BCUT2D eigenvalue weighted by molar-refractivity contribution is -0.122. The number of halogens is 2. The molecule has 0 aromatic heterocycles. The minimum Gasteiger partial charge on any atom is -0.355 e. The molecule has 0 unspecified atom stereocenters. The summed E-state index contributed by atoms with van der Waals surface area (Å²) in [6.45, 7) is 0.671. The van der Waals surface area contributed by atoms with Crippen LogP contribution in [0.4, 0.5) is 0 Å². The highest BCUT2D eigenvalue weighted by Gasteiger charge is 2.45. The molecule has 0 saturated carbocycles. The van der Waals surface area contributed by atoms with Crippen LogP contribution in [0.15, 0.2) is 48.5 Å². The Bertz CT molecular complexity index is 589.